The van der Waals surface area contributed by atoms with Crippen molar-refractivity contribution in [1.29, 1.82) is 0 Å². The minimum absolute atomic E-state index is 0.0184. The van der Waals surface area contributed by atoms with Gasteiger partial charge in [0.25, 0.3) is 5.91 Å². The van der Waals surface area contributed by atoms with E-state index in [4.69, 9.17) is 0 Å². The van der Waals surface area contributed by atoms with Crippen molar-refractivity contribution in [1.82, 2.24) is 4.90 Å². The van der Waals surface area contributed by atoms with E-state index in [2.05, 4.69) is 0 Å². The summed E-state index contributed by atoms with van der Waals surface area (Å²) in [5.41, 5.74) is 1.08. The highest BCUT2D eigenvalue weighted by atomic mass is 16.2. The number of Topliss-reactive ketones (excluding diaryl/α,β-unsaturated/α-hetero) is 1. The molecular formula is C11H11NO2. The highest BCUT2D eigenvalue weighted by Gasteiger charge is 2.27. The van der Waals surface area contributed by atoms with Gasteiger partial charge in [0.2, 0.25) is 0 Å². The minimum Gasteiger partial charge on any atom is -0.334 e. The maximum absolute atomic E-state index is 11.7. The van der Waals surface area contributed by atoms with Crippen molar-refractivity contribution in [3.8, 4) is 0 Å². The summed E-state index contributed by atoms with van der Waals surface area (Å²) in [7, 11) is 1.65. The fourth-order valence-corrected chi connectivity index (χ4v) is 1.64. The minimum atomic E-state index is -0.0672. The molecule has 14 heavy (non-hydrogen) atoms. The maximum Gasteiger partial charge on any atom is 0.254 e. The van der Waals surface area contributed by atoms with E-state index in [1.807, 2.05) is 12.2 Å². The van der Waals surface area contributed by atoms with Crippen LogP contribution < -0.4 is 0 Å². The van der Waals surface area contributed by atoms with Gasteiger partial charge in [-0.15, -0.1) is 0 Å². The lowest BCUT2D eigenvalue weighted by Crippen LogP contribution is -2.38. The molecule has 2 aliphatic rings. The molecule has 0 bridgehead atoms. The lowest BCUT2D eigenvalue weighted by Gasteiger charge is -2.23. The number of ketones is 1. The highest BCUT2D eigenvalue weighted by molar-refractivity contribution is 6.14. The van der Waals surface area contributed by atoms with Crippen LogP contribution in [0.15, 0.2) is 35.5 Å². The van der Waals surface area contributed by atoms with Gasteiger partial charge in [0.05, 0.1) is 12.1 Å². The topological polar surface area (TPSA) is 37.4 Å². The van der Waals surface area contributed by atoms with Crippen molar-refractivity contribution >= 4 is 11.7 Å². The fourth-order valence-electron chi connectivity index (χ4n) is 1.64. The first-order chi connectivity index (χ1) is 6.70. The van der Waals surface area contributed by atoms with Gasteiger partial charge in [0.1, 0.15) is 0 Å². The number of rotatable bonds is 0. The molecule has 0 saturated heterocycles. The van der Waals surface area contributed by atoms with Gasteiger partial charge in [-0.05, 0) is 6.42 Å². The molecule has 0 unspecified atom stereocenters. The number of nitrogens with zero attached hydrogens (tertiary/aromatic N) is 1. The summed E-state index contributed by atoms with van der Waals surface area (Å²) in [6.45, 7) is 0.190. The van der Waals surface area contributed by atoms with Crippen LogP contribution in [-0.2, 0) is 9.59 Å². The quantitative estimate of drug-likeness (QED) is 0.566. The molecule has 3 heteroatoms. The Labute approximate surface area is 82.4 Å². The average Bonchev–Trinajstić information content (AvgIpc) is 2.39. The maximum atomic E-state index is 11.7. The molecule has 0 saturated carbocycles. The van der Waals surface area contributed by atoms with Gasteiger partial charge < -0.3 is 4.90 Å². The Morgan fingerprint density at radius 2 is 1.79 bits per heavy atom. The normalized spacial score (nSPS) is 21.4. The molecule has 0 radical (unpaired) electrons. The third kappa shape index (κ3) is 1.31. The third-order valence-corrected chi connectivity index (χ3v) is 2.39. The van der Waals surface area contributed by atoms with E-state index in [0.29, 0.717) is 11.1 Å². The number of likely N-dealkylation sites (N-methyl/N-ethyl adjacent to an activating group) is 1. The summed E-state index contributed by atoms with van der Waals surface area (Å²) in [4.78, 5) is 24.7. The molecule has 1 amide bonds. The standard InChI is InChI=1S/C11H11NO2/c1-12-7-10(13)8-5-3-2-4-6-9(8)11(12)14/h3-6H,2,7H2,1H3. The first-order valence-electron chi connectivity index (χ1n) is 4.56. The summed E-state index contributed by atoms with van der Waals surface area (Å²) in [5.74, 6) is -0.0488. The van der Waals surface area contributed by atoms with E-state index >= 15 is 0 Å². The summed E-state index contributed by atoms with van der Waals surface area (Å²) in [6.07, 6.45) is 8.06. The molecule has 3 nitrogen and oxygen atoms in total. The Balaban J connectivity index is 2.54. The van der Waals surface area contributed by atoms with Crippen molar-refractivity contribution in [2.45, 2.75) is 6.42 Å². The molecule has 0 aromatic rings. The Kier molecular flexibility index (Phi) is 2.08. The second-order valence-corrected chi connectivity index (χ2v) is 3.45. The van der Waals surface area contributed by atoms with Crippen molar-refractivity contribution < 1.29 is 9.59 Å². The zero-order valence-electron chi connectivity index (χ0n) is 7.99. The SMILES string of the molecule is CN1CC(=O)C2=C(C=CCC=C2)C1=O. The molecule has 72 valence electrons. The molecular weight excluding hydrogens is 178 g/mol. The van der Waals surface area contributed by atoms with Gasteiger partial charge in [-0.1, -0.05) is 24.3 Å². The summed E-state index contributed by atoms with van der Waals surface area (Å²) in [6, 6.07) is 0. The van der Waals surface area contributed by atoms with Gasteiger partial charge in [0.15, 0.2) is 5.78 Å². The molecule has 0 aromatic heterocycles. The number of amides is 1. The van der Waals surface area contributed by atoms with Gasteiger partial charge >= 0.3 is 0 Å². The first kappa shape index (κ1) is 8.94. The zero-order chi connectivity index (χ0) is 10.1. The number of hydrogen-bond donors (Lipinski definition) is 0. The van der Waals surface area contributed by atoms with Crippen LogP contribution in [0.4, 0.5) is 0 Å². The second-order valence-electron chi connectivity index (χ2n) is 3.45. The van der Waals surface area contributed by atoms with Crippen molar-refractivity contribution in [3.05, 3.63) is 35.5 Å². The Bertz CT molecular complexity index is 388. The van der Waals surface area contributed by atoms with E-state index in [1.165, 1.54) is 4.90 Å². The average molecular weight is 189 g/mol. The van der Waals surface area contributed by atoms with Crippen LogP contribution in [0.5, 0.6) is 0 Å². The van der Waals surface area contributed by atoms with Crippen LogP contribution in [-0.4, -0.2) is 30.2 Å². The predicted molar refractivity (Wildman–Crippen MR) is 52.6 cm³/mol. The number of allylic oxidation sites excluding steroid dienone is 3. The lowest BCUT2D eigenvalue weighted by atomic mass is 9.98. The van der Waals surface area contributed by atoms with Gasteiger partial charge in [-0.25, -0.2) is 0 Å². The summed E-state index contributed by atoms with van der Waals surface area (Å²) in [5, 5.41) is 0. The van der Waals surface area contributed by atoms with E-state index in [1.54, 1.807) is 19.2 Å². The van der Waals surface area contributed by atoms with Gasteiger partial charge in [-0.3, -0.25) is 9.59 Å². The van der Waals surface area contributed by atoms with Crippen LogP contribution in [0.25, 0.3) is 0 Å². The molecule has 0 spiro atoms. The Morgan fingerprint density at radius 1 is 1.14 bits per heavy atom. The monoisotopic (exact) mass is 189 g/mol. The van der Waals surface area contributed by atoms with Gasteiger partial charge in [0, 0.05) is 12.6 Å². The molecule has 1 aliphatic carbocycles. The fraction of sp³-hybridized carbons (Fsp3) is 0.273. The Morgan fingerprint density at radius 3 is 2.50 bits per heavy atom. The van der Waals surface area contributed by atoms with Crippen LogP contribution in [0.2, 0.25) is 0 Å². The molecule has 0 fully saturated rings. The molecule has 0 aromatic carbocycles. The highest BCUT2D eigenvalue weighted by Crippen LogP contribution is 2.20. The molecule has 1 aliphatic heterocycles. The van der Waals surface area contributed by atoms with E-state index in [0.717, 1.165) is 6.42 Å². The molecule has 2 rings (SSSR count). The van der Waals surface area contributed by atoms with Crippen molar-refractivity contribution in [2.75, 3.05) is 13.6 Å². The summed E-state index contributed by atoms with van der Waals surface area (Å²) >= 11 is 0. The number of hydrogen-bond acceptors (Lipinski definition) is 2. The third-order valence-electron chi connectivity index (χ3n) is 2.39. The van der Waals surface area contributed by atoms with E-state index in [9.17, 15) is 9.59 Å². The predicted octanol–water partition coefficient (Wildman–Crippen LogP) is 0.840. The van der Waals surface area contributed by atoms with Crippen LogP contribution in [0.3, 0.4) is 0 Å². The first-order valence-corrected chi connectivity index (χ1v) is 4.56. The van der Waals surface area contributed by atoms with Crippen LogP contribution in [0, 0.1) is 0 Å². The van der Waals surface area contributed by atoms with Crippen LogP contribution in [0.1, 0.15) is 6.42 Å². The van der Waals surface area contributed by atoms with E-state index < -0.39 is 0 Å². The molecule has 0 N–H and O–H groups in total. The lowest BCUT2D eigenvalue weighted by molar-refractivity contribution is -0.131. The van der Waals surface area contributed by atoms with Gasteiger partial charge in [-0.2, -0.15) is 0 Å². The smallest absolute Gasteiger partial charge is 0.254 e. The van der Waals surface area contributed by atoms with Crippen molar-refractivity contribution in [2.24, 2.45) is 0 Å². The largest absolute Gasteiger partial charge is 0.334 e. The second kappa shape index (κ2) is 3.25. The zero-order valence-corrected chi connectivity index (χ0v) is 7.99. The Hall–Kier alpha value is -1.64. The summed E-state index contributed by atoms with van der Waals surface area (Å²) < 4.78 is 0. The number of carbonyl (C=O) groups is 2. The molecule has 1 heterocycles. The van der Waals surface area contributed by atoms with Crippen molar-refractivity contribution in [3.63, 3.8) is 0 Å². The van der Waals surface area contributed by atoms with Crippen LogP contribution >= 0.6 is 0 Å². The molecule has 0 atom stereocenters. The van der Waals surface area contributed by atoms with E-state index in [-0.39, 0.29) is 18.2 Å². The number of carbonyl (C=O) groups excluding carboxylic acids is 2.